The lowest BCUT2D eigenvalue weighted by Crippen LogP contribution is -2.19. The van der Waals surface area contributed by atoms with Crippen LogP contribution >= 0.6 is 11.3 Å². The van der Waals surface area contributed by atoms with Crippen molar-refractivity contribution in [3.63, 3.8) is 0 Å². The Bertz CT molecular complexity index is 972. The average molecular weight is 362 g/mol. The maximum Gasteiger partial charge on any atom is 0.345 e. The summed E-state index contributed by atoms with van der Waals surface area (Å²) in [6, 6.07) is 3.02. The van der Waals surface area contributed by atoms with Crippen LogP contribution in [0.4, 0.5) is 5.82 Å². The Balaban J connectivity index is 1.71. The normalized spacial score (nSPS) is 11.1. The molecule has 0 aromatic carbocycles. The third-order valence-electron chi connectivity index (χ3n) is 3.00. The predicted molar refractivity (Wildman–Crippen MR) is 84.7 cm³/mol. The van der Waals surface area contributed by atoms with Crippen LogP contribution in [0.2, 0.25) is 0 Å². The summed E-state index contributed by atoms with van der Waals surface area (Å²) in [6.45, 7) is 1.59. The third kappa shape index (κ3) is 3.20. The summed E-state index contributed by atoms with van der Waals surface area (Å²) in [7, 11) is 0. The molecular formula is C12H10N8O4S. The highest BCUT2D eigenvalue weighted by Gasteiger charge is 2.20. The summed E-state index contributed by atoms with van der Waals surface area (Å²) in [6.07, 6.45) is 1.33. The van der Waals surface area contributed by atoms with Crippen molar-refractivity contribution in [1.82, 2.24) is 30.7 Å². The Morgan fingerprint density at radius 2 is 2.24 bits per heavy atom. The first-order chi connectivity index (χ1) is 12.0. The number of amides is 1. The maximum absolute atomic E-state index is 12.1. The molecule has 0 atom stereocenters. The summed E-state index contributed by atoms with van der Waals surface area (Å²) < 4.78 is 5.69. The van der Waals surface area contributed by atoms with E-state index in [1.807, 2.05) is 0 Å². The first-order valence-electron chi connectivity index (χ1n) is 6.64. The number of anilines is 1. The molecule has 25 heavy (non-hydrogen) atoms. The molecule has 0 saturated heterocycles. The molecule has 0 aliphatic carbocycles. The predicted octanol–water partition coefficient (Wildman–Crippen LogP) is 0.0645. The number of aromatic nitrogens is 5. The lowest BCUT2D eigenvalue weighted by atomic mass is 10.3. The van der Waals surface area contributed by atoms with E-state index >= 15 is 0 Å². The summed E-state index contributed by atoms with van der Waals surface area (Å²) in [5.74, 6) is -1.51. The number of hydrogen-bond acceptors (Lipinski definition) is 10. The van der Waals surface area contributed by atoms with Gasteiger partial charge in [0.15, 0.2) is 5.69 Å². The lowest BCUT2D eigenvalue weighted by Gasteiger charge is -1.98. The van der Waals surface area contributed by atoms with Gasteiger partial charge in [-0.15, -0.1) is 16.4 Å². The molecule has 4 N–H and O–H groups in total. The van der Waals surface area contributed by atoms with Crippen LogP contribution in [0.15, 0.2) is 21.9 Å². The molecule has 0 radical (unpaired) electrons. The van der Waals surface area contributed by atoms with Gasteiger partial charge in [-0.1, -0.05) is 5.21 Å². The number of carbonyl (C=O) groups is 2. The number of thiophene rings is 1. The van der Waals surface area contributed by atoms with Crippen LogP contribution in [0, 0.1) is 6.92 Å². The minimum absolute atomic E-state index is 0.00455. The van der Waals surface area contributed by atoms with E-state index in [0.29, 0.717) is 10.6 Å². The van der Waals surface area contributed by atoms with Crippen molar-refractivity contribution in [2.45, 2.75) is 6.92 Å². The second-order valence-corrected chi connectivity index (χ2v) is 5.73. The Kier molecular flexibility index (Phi) is 4.21. The van der Waals surface area contributed by atoms with Crippen LogP contribution in [-0.4, -0.2) is 48.5 Å². The number of hydrazone groups is 1. The largest absolute Gasteiger partial charge is 0.477 e. The van der Waals surface area contributed by atoms with Gasteiger partial charge in [0.2, 0.25) is 11.6 Å². The summed E-state index contributed by atoms with van der Waals surface area (Å²) in [5, 5.41) is 27.1. The van der Waals surface area contributed by atoms with Gasteiger partial charge in [-0.05, 0) is 29.4 Å². The van der Waals surface area contributed by atoms with Gasteiger partial charge in [0.1, 0.15) is 4.88 Å². The number of carboxylic acid groups (broad SMARTS) is 1. The molecule has 3 aromatic heterocycles. The van der Waals surface area contributed by atoms with Crippen LogP contribution in [0.1, 0.15) is 30.7 Å². The quantitative estimate of drug-likeness (QED) is 0.418. The zero-order chi connectivity index (χ0) is 18.0. The van der Waals surface area contributed by atoms with E-state index in [0.717, 1.165) is 11.3 Å². The van der Waals surface area contributed by atoms with E-state index in [-0.39, 0.29) is 22.2 Å². The molecule has 12 nitrogen and oxygen atoms in total. The number of carboxylic acids is 1. The highest BCUT2D eigenvalue weighted by molar-refractivity contribution is 7.15. The standard InChI is InChI=1S/C12H10N8O4S/c1-5-8(15-19-20(5)10-9(13)17-24-18-10)11(21)16-14-4-6-2-3-7(25-6)12(22)23/h2-4H,1H3,(H2,13,17)(H,16,21)(H,22,23)/b14-4-. The molecule has 0 bridgehead atoms. The van der Waals surface area contributed by atoms with E-state index in [1.165, 1.54) is 17.0 Å². The van der Waals surface area contributed by atoms with Gasteiger partial charge in [0.05, 0.1) is 11.9 Å². The fraction of sp³-hybridized carbons (Fsp3) is 0.0833. The molecule has 3 rings (SSSR count). The minimum Gasteiger partial charge on any atom is -0.477 e. The number of hydrogen-bond donors (Lipinski definition) is 3. The zero-order valence-electron chi connectivity index (χ0n) is 12.6. The smallest absolute Gasteiger partial charge is 0.345 e. The van der Waals surface area contributed by atoms with Crippen LogP contribution < -0.4 is 11.2 Å². The topological polar surface area (TPSA) is 174 Å². The van der Waals surface area contributed by atoms with Crippen molar-refractivity contribution >= 4 is 35.2 Å². The first-order valence-corrected chi connectivity index (χ1v) is 7.46. The monoisotopic (exact) mass is 362 g/mol. The number of nitrogens with two attached hydrogens (primary N) is 1. The molecule has 3 heterocycles. The molecule has 0 spiro atoms. The lowest BCUT2D eigenvalue weighted by molar-refractivity contribution is 0.0702. The Labute approximate surface area is 142 Å². The van der Waals surface area contributed by atoms with Gasteiger partial charge in [-0.25, -0.2) is 14.8 Å². The Hall–Kier alpha value is -3.61. The van der Waals surface area contributed by atoms with Crippen molar-refractivity contribution < 1.29 is 19.3 Å². The molecule has 0 fully saturated rings. The number of nitrogens with one attached hydrogen (secondary N) is 1. The number of nitrogen functional groups attached to an aromatic ring is 1. The van der Waals surface area contributed by atoms with Gasteiger partial charge < -0.3 is 10.8 Å². The van der Waals surface area contributed by atoms with Crippen molar-refractivity contribution in [2.75, 3.05) is 5.73 Å². The molecule has 0 saturated carbocycles. The van der Waals surface area contributed by atoms with Gasteiger partial charge in [-0.3, -0.25) is 4.79 Å². The fourth-order valence-corrected chi connectivity index (χ4v) is 2.54. The highest BCUT2D eigenvalue weighted by Crippen LogP contribution is 2.15. The van der Waals surface area contributed by atoms with Crippen LogP contribution in [0.25, 0.3) is 5.82 Å². The van der Waals surface area contributed by atoms with E-state index in [9.17, 15) is 9.59 Å². The van der Waals surface area contributed by atoms with E-state index < -0.39 is 11.9 Å². The second-order valence-electron chi connectivity index (χ2n) is 4.61. The summed E-state index contributed by atoms with van der Waals surface area (Å²) >= 11 is 1.02. The zero-order valence-corrected chi connectivity index (χ0v) is 13.4. The molecule has 128 valence electrons. The summed E-state index contributed by atoms with van der Waals surface area (Å²) in [4.78, 5) is 23.7. The molecule has 13 heteroatoms. The third-order valence-corrected chi connectivity index (χ3v) is 4.01. The van der Waals surface area contributed by atoms with Gasteiger partial charge in [0, 0.05) is 4.88 Å². The molecule has 0 aliphatic heterocycles. The van der Waals surface area contributed by atoms with Crippen LogP contribution in [0.5, 0.6) is 0 Å². The number of nitrogens with zero attached hydrogens (tertiary/aromatic N) is 6. The SMILES string of the molecule is Cc1c(C(=O)N/N=C\c2ccc(C(=O)O)s2)nnn1-c1nonc1N. The molecule has 0 aliphatic rings. The molecule has 1 amide bonds. The first kappa shape index (κ1) is 16.3. The Morgan fingerprint density at radius 3 is 2.88 bits per heavy atom. The van der Waals surface area contributed by atoms with Crippen molar-refractivity contribution in [3.8, 4) is 5.82 Å². The fourth-order valence-electron chi connectivity index (χ4n) is 1.82. The Morgan fingerprint density at radius 1 is 1.44 bits per heavy atom. The highest BCUT2D eigenvalue weighted by atomic mass is 32.1. The van der Waals surface area contributed by atoms with Crippen LogP contribution in [0.3, 0.4) is 0 Å². The summed E-state index contributed by atoms with van der Waals surface area (Å²) in [5.41, 5.74) is 8.23. The van der Waals surface area contributed by atoms with Gasteiger partial charge >= 0.3 is 5.97 Å². The second kappa shape index (κ2) is 6.48. The molecular weight excluding hydrogens is 352 g/mol. The number of rotatable bonds is 5. The van der Waals surface area contributed by atoms with Crippen molar-refractivity contribution in [1.29, 1.82) is 0 Å². The van der Waals surface area contributed by atoms with Crippen molar-refractivity contribution in [2.24, 2.45) is 5.10 Å². The number of aromatic carboxylic acids is 1. The van der Waals surface area contributed by atoms with Gasteiger partial charge in [0.25, 0.3) is 5.91 Å². The van der Waals surface area contributed by atoms with Gasteiger partial charge in [-0.2, -0.15) is 9.78 Å². The van der Waals surface area contributed by atoms with E-state index in [1.54, 1.807) is 13.0 Å². The maximum atomic E-state index is 12.1. The number of carbonyl (C=O) groups excluding carboxylic acids is 1. The minimum atomic E-state index is -1.03. The average Bonchev–Trinajstić information content (AvgIpc) is 3.27. The molecule has 3 aromatic rings. The molecule has 0 unspecified atom stereocenters. The van der Waals surface area contributed by atoms with E-state index in [2.05, 4.69) is 35.8 Å². The van der Waals surface area contributed by atoms with E-state index in [4.69, 9.17) is 10.8 Å². The van der Waals surface area contributed by atoms with Crippen molar-refractivity contribution in [3.05, 3.63) is 33.3 Å². The van der Waals surface area contributed by atoms with Crippen LogP contribution in [-0.2, 0) is 0 Å².